The number of benzene rings is 1. The van der Waals surface area contributed by atoms with Crippen LogP contribution in [0.15, 0.2) is 28.7 Å². The minimum Gasteiger partial charge on any atom is -0.458 e. The molecule has 16 heavy (non-hydrogen) atoms. The number of aryl methyl sites for hydroxylation is 1. The van der Waals surface area contributed by atoms with E-state index in [1.165, 1.54) is 12.8 Å². The second-order valence-corrected chi connectivity index (χ2v) is 4.84. The topological polar surface area (TPSA) is 33.4 Å². The van der Waals surface area contributed by atoms with Gasteiger partial charge in [0.1, 0.15) is 17.4 Å². The maximum absolute atomic E-state index is 10.0. The number of fused-ring (bicyclic) bond motifs is 1. The van der Waals surface area contributed by atoms with Crippen LogP contribution in [0.5, 0.6) is 0 Å². The Morgan fingerprint density at radius 3 is 2.94 bits per heavy atom. The molecule has 2 aromatic rings. The van der Waals surface area contributed by atoms with Crippen molar-refractivity contribution >= 4 is 11.0 Å². The lowest BCUT2D eigenvalue weighted by Gasteiger charge is -2.05. The number of rotatable bonds is 3. The summed E-state index contributed by atoms with van der Waals surface area (Å²) in [5.41, 5.74) is 2.04. The van der Waals surface area contributed by atoms with Gasteiger partial charge < -0.3 is 9.52 Å². The molecule has 0 radical (unpaired) electrons. The fourth-order valence-electron chi connectivity index (χ4n) is 2.18. The van der Waals surface area contributed by atoms with Crippen LogP contribution < -0.4 is 0 Å². The second-order valence-electron chi connectivity index (χ2n) is 4.84. The zero-order valence-corrected chi connectivity index (χ0v) is 9.44. The zero-order chi connectivity index (χ0) is 11.1. The van der Waals surface area contributed by atoms with Crippen molar-refractivity contribution in [2.24, 2.45) is 5.92 Å². The van der Waals surface area contributed by atoms with E-state index in [9.17, 15) is 5.11 Å². The number of furan rings is 1. The molecule has 2 heteroatoms. The normalized spacial score (nSPS) is 17.9. The van der Waals surface area contributed by atoms with Crippen LogP contribution in [-0.2, 0) is 0 Å². The lowest BCUT2D eigenvalue weighted by molar-refractivity contribution is 0.136. The van der Waals surface area contributed by atoms with E-state index in [0.717, 1.165) is 28.7 Å². The first-order valence-electron chi connectivity index (χ1n) is 5.91. The van der Waals surface area contributed by atoms with Crippen LogP contribution in [0.1, 0.15) is 36.7 Å². The first-order chi connectivity index (χ1) is 7.74. The number of hydrogen-bond donors (Lipinski definition) is 1. The number of aliphatic hydroxyl groups is 1. The van der Waals surface area contributed by atoms with Gasteiger partial charge in [-0.05, 0) is 30.9 Å². The fraction of sp³-hybridized carbons (Fsp3) is 0.429. The van der Waals surface area contributed by atoms with Crippen LogP contribution in [0.2, 0.25) is 0 Å². The first-order valence-corrected chi connectivity index (χ1v) is 5.91. The highest BCUT2D eigenvalue weighted by Gasteiger charge is 2.26. The van der Waals surface area contributed by atoms with E-state index in [4.69, 9.17) is 4.42 Å². The Morgan fingerprint density at radius 2 is 2.25 bits per heavy atom. The quantitative estimate of drug-likeness (QED) is 0.850. The van der Waals surface area contributed by atoms with Gasteiger partial charge in [-0.3, -0.25) is 0 Å². The van der Waals surface area contributed by atoms with E-state index < -0.39 is 6.10 Å². The molecule has 1 unspecified atom stereocenters. The molecule has 1 aromatic heterocycles. The van der Waals surface area contributed by atoms with Gasteiger partial charge in [0.15, 0.2) is 0 Å². The monoisotopic (exact) mass is 216 g/mol. The number of para-hydroxylation sites is 1. The summed E-state index contributed by atoms with van der Waals surface area (Å²) in [6.07, 6.45) is 2.94. The predicted octanol–water partition coefficient (Wildman–Crippen LogP) is 3.57. The van der Waals surface area contributed by atoms with Crippen LogP contribution >= 0.6 is 0 Å². The van der Waals surface area contributed by atoms with E-state index in [-0.39, 0.29) is 0 Å². The summed E-state index contributed by atoms with van der Waals surface area (Å²) in [5, 5.41) is 11.1. The van der Waals surface area contributed by atoms with Crippen LogP contribution in [0.4, 0.5) is 0 Å². The van der Waals surface area contributed by atoms with Crippen molar-refractivity contribution in [3.8, 4) is 0 Å². The second kappa shape index (κ2) is 3.63. The van der Waals surface area contributed by atoms with Crippen molar-refractivity contribution in [2.75, 3.05) is 0 Å². The summed E-state index contributed by atoms with van der Waals surface area (Å²) in [4.78, 5) is 0. The Hall–Kier alpha value is -1.28. The summed E-state index contributed by atoms with van der Waals surface area (Å²) in [6.45, 7) is 2.03. The molecule has 0 spiro atoms. The summed E-state index contributed by atoms with van der Waals surface area (Å²) in [6, 6.07) is 8.04. The number of aliphatic hydroxyl groups excluding tert-OH is 1. The van der Waals surface area contributed by atoms with Gasteiger partial charge in [-0.2, -0.15) is 0 Å². The molecule has 0 bridgehead atoms. The smallest absolute Gasteiger partial charge is 0.137 e. The molecule has 0 amide bonds. The van der Waals surface area contributed by atoms with Gasteiger partial charge in [0.25, 0.3) is 0 Å². The van der Waals surface area contributed by atoms with E-state index in [2.05, 4.69) is 0 Å². The van der Waals surface area contributed by atoms with Crippen molar-refractivity contribution in [1.82, 2.24) is 0 Å². The van der Waals surface area contributed by atoms with Gasteiger partial charge in [0, 0.05) is 5.39 Å². The number of hydrogen-bond acceptors (Lipinski definition) is 2. The van der Waals surface area contributed by atoms with Gasteiger partial charge in [-0.1, -0.05) is 31.0 Å². The first kappa shape index (κ1) is 9.91. The van der Waals surface area contributed by atoms with Crippen LogP contribution in [0.25, 0.3) is 11.0 Å². The highest BCUT2D eigenvalue weighted by molar-refractivity contribution is 5.80. The SMILES string of the molecule is Cc1cccc2cc(C(O)CC3CC3)oc12. The van der Waals surface area contributed by atoms with Gasteiger partial charge in [-0.15, -0.1) is 0 Å². The molecule has 84 valence electrons. The van der Waals surface area contributed by atoms with Gasteiger partial charge in [0.05, 0.1) is 0 Å². The van der Waals surface area contributed by atoms with Gasteiger partial charge in [0.2, 0.25) is 0 Å². The summed E-state index contributed by atoms with van der Waals surface area (Å²) in [7, 11) is 0. The van der Waals surface area contributed by atoms with E-state index >= 15 is 0 Å². The highest BCUT2D eigenvalue weighted by Crippen LogP contribution is 2.38. The van der Waals surface area contributed by atoms with Crippen LogP contribution in [0.3, 0.4) is 0 Å². The highest BCUT2D eigenvalue weighted by atomic mass is 16.4. The maximum atomic E-state index is 10.0. The lowest BCUT2D eigenvalue weighted by Crippen LogP contribution is -1.95. The summed E-state index contributed by atoms with van der Waals surface area (Å²) >= 11 is 0. The van der Waals surface area contributed by atoms with E-state index in [0.29, 0.717) is 5.92 Å². The predicted molar refractivity (Wildman–Crippen MR) is 63.3 cm³/mol. The van der Waals surface area contributed by atoms with Gasteiger partial charge >= 0.3 is 0 Å². The molecule has 1 fully saturated rings. The Kier molecular flexibility index (Phi) is 2.25. The molecule has 0 aliphatic heterocycles. The maximum Gasteiger partial charge on any atom is 0.137 e. The fourth-order valence-corrected chi connectivity index (χ4v) is 2.18. The van der Waals surface area contributed by atoms with E-state index in [1.807, 2.05) is 31.2 Å². The van der Waals surface area contributed by atoms with Crippen molar-refractivity contribution < 1.29 is 9.52 Å². The molecular weight excluding hydrogens is 200 g/mol. The Morgan fingerprint density at radius 1 is 1.44 bits per heavy atom. The standard InChI is InChI=1S/C14H16O2/c1-9-3-2-4-11-8-13(16-14(9)11)12(15)7-10-5-6-10/h2-4,8,10,12,15H,5-7H2,1H3. The minimum absolute atomic E-state index is 0.431. The van der Waals surface area contributed by atoms with Crippen molar-refractivity contribution in [3.63, 3.8) is 0 Å². The molecule has 0 saturated heterocycles. The van der Waals surface area contributed by atoms with Gasteiger partial charge in [-0.25, -0.2) is 0 Å². The summed E-state index contributed by atoms with van der Waals surface area (Å²) < 4.78 is 5.74. The Labute approximate surface area is 94.9 Å². The zero-order valence-electron chi connectivity index (χ0n) is 9.44. The average Bonchev–Trinajstić information content (AvgIpc) is 2.95. The van der Waals surface area contributed by atoms with Crippen molar-refractivity contribution in [3.05, 3.63) is 35.6 Å². The van der Waals surface area contributed by atoms with Crippen molar-refractivity contribution in [2.45, 2.75) is 32.3 Å². The Balaban J connectivity index is 1.94. The Bertz CT molecular complexity index is 508. The average molecular weight is 216 g/mol. The minimum atomic E-state index is -0.431. The van der Waals surface area contributed by atoms with Crippen LogP contribution in [-0.4, -0.2) is 5.11 Å². The molecular formula is C14H16O2. The molecule has 1 N–H and O–H groups in total. The molecule has 1 heterocycles. The molecule has 1 aliphatic carbocycles. The summed E-state index contributed by atoms with van der Waals surface area (Å²) in [5.74, 6) is 1.43. The molecule has 1 atom stereocenters. The molecule has 1 saturated carbocycles. The molecule has 3 rings (SSSR count). The molecule has 2 nitrogen and oxygen atoms in total. The third kappa shape index (κ3) is 1.74. The lowest BCUT2D eigenvalue weighted by atomic mass is 10.1. The largest absolute Gasteiger partial charge is 0.458 e. The third-order valence-corrected chi connectivity index (χ3v) is 3.34. The third-order valence-electron chi connectivity index (χ3n) is 3.34. The van der Waals surface area contributed by atoms with E-state index in [1.54, 1.807) is 0 Å². The molecule has 1 aliphatic rings. The molecule has 1 aromatic carbocycles. The van der Waals surface area contributed by atoms with Crippen molar-refractivity contribution in [1.29, 1.82) is 0 Å². The van der Waals surface area contributed by atoms with Crippen LogP contribution in [0, 0.1) is 12.8 Å².